The molecule has 1 atom stereocenters. The molecule has 0 bridgehead atoms. The highest BCUT2D eigenvalue weighted by molar-refractivity contribution is 5.13. The summed E-state index contributed by atoms with van der Waals surface area (Å²) < 4.78 is 5.86. The fourth-order valence-corrected chi connectivity index (χ4v) is 2.54. The Morgan fingerprint density at radius 1 is 1.33 bits per heavy atom. The summed E-state index contributed by atoms with van der Waals surface area (Å²) in [5, 5.41) is 0. The van der Waals surface area contributed by atoms with Gasteiger partial charge in [0.05, 0.1) is 18.4 Å². The number of morpholine rings is 1. The first-order valence-corrected chi connectivity index (χ1v) is 7.40. The van der Waals surface area contributed by atoms with Crippen molar-refractivity contribution < 1.29 is 4.74 Å². The average Bonchev–Trinajstić information content (AvgIpc) is 2.56. The molecule has 0 spiro atoms. The summed E-state index contributed by atoms with van der Waals surface area (Å²) in [6.45, 7) is 5.46. The predicted molar refractivity (Wildman–Crippen MR) is 79.6 cm³/mol. The van der Waals surface area contributed by atoms with Crippen LogP contribution in [0.25, 0.3) is 0 Å². The molecule has 0 radical (unpaired) electrons. The molecule has 0 N–H and O–H groups in total. The average molecular weight is 284 g/mol. The van der Waals surface area contributed by atoms with Crippen LogP contribution in [0.15, 0.2) is 36.8 Å². The van der Waals surface area contributed by atoms with Gasteiger partial charge < -0.3 is 4.74 Å². The van der Waals surface area contributed by atoms with Crippen molar-refractivity contribution in [1.29, 1.82) is 0 Å². The normalized spacial score (nSPS) is 19.6. The van der Waals surface area contributed by atoms with Crippen LogP contribution in [0.1, 0.15) is 30.1 Å². The molecule has 0 aliphatic carbocycles. The zero-order valence-electron chi connectivity index (χ0n) is 12.3. The lowest BCUT2D eigenvalue weighted by Gasteiger charge is -2.32. The van der Waals surface area contributed by atoms with E-state index in [1.807, 2.05) is 24.5 Å². The third-order valence-corrected chi connectivity index (χ3v) is 3.67. The van der Waals surface area contributed by atoms with E-state index in [4.69, 9.17) is 4.74 Å². The molecule has 0 amide bonds. The molecule has 0 saturated carbocycles. The van der Waals surface area contributed by atoms with Gasteiger partial charge in [-0.3, -0.25) is 9.88 Å². The highest BCUT2D eigenvalue weighted by Gasteiger charge is 2.22. The maximum Gasteiger partial charge on any atom is 0.128 e. The molecule has 1 unspecified atom stereocenters. The SMILES string of the molecule is CCc1nccc(CN2CCOC(c3cccnc3)C2)n1. The van der Waals surface area contributed by atoms with Crippen molar-refractivity contribution in [2.24, 2.45) is 0 Å². The molecular formula is C16H20N4O. The predicted octanol–water partition coefficient (Wildman–Crippen LogP) is 2.01. The zero-order chi connectivity index (χ0) is 14.5. The molecule has 5 heteroatoms. The standard InChI is InChI=1S/C16H20N4O/c1-2-16-18-7-5-14(19-16)11-20-8-9-21-15(12-20)13-4-3-6-17-10-13/h3-7,10,15H,2,8-9,11-12H2,1H3. The molecular weight excluding hydrogens is 264 g/mol. The zero-order valence-corrected chi connectivity index (χ0v) is 12.3. The quantitative estimate of drug-likeness (QED) is 0.859. The second-order valence-electron chi connectivity index (χ2n) is 5.20. The van der Waals surface area contributed by atoms with E-state index >= 15 is 0 Å². The largest absolute Gasteiger partial charge is 0.371 e. The first-order chi connectivity index (χ1) is 10.3. The van der Waals surface area contributed by atoms with Gasteiger partial charge in [-0.15, -0.1) is 0 Å². The molecule has 0 aromatic carbocycles. The van der Waals surface area contributed by atoms with Crippen LogP contribution in [0.4, 0.5) is 0 Å². The molecule has 1 fully saturated rings. The van der Waals surface area contributed by atoms with E-state index in [0.29, 0.717) is 0 Å². The highest BCUT2D eigenvalue weighted by Crippen LogP contribution is 2.22. The first-order valence-electron chi connectivity index (χ1n) is 7.40. The summed E-state index contributed by atoms with van der Waals surface area (Å²) in [5.41, 5.74) is 2.22. The fraction of sp³-hybridized carbons (Fsp3) is 0.438. The van der Waals surface area contributed by atoms with Gasteiger partial charge in [0.25, 0.3) is 0 Å². The van der Waals surface area contributed by atoms with Crippen LogP contribution in [0.5, 0.6) is 0 Å². The monoisotopic (exact) mass is 284 g/mol. The summed E-state index contributed by atoms with van der Waals surface area (Å²) in [5.74, 6) is 0.907. The number of nitrogens with zero attached hydrogens (tertiary/aromatic N) is 4. The molecule has 1 saturated heterocycles. The molecule has 1 aliphatic heterocycles. The van der Waals surface area contributed by atoms with E-state index < -0.39 is 0 Å². The van der Waals surface area contributed by atoms with Gasteiger partial charge in [0, 0.05) is 50.2 Å². The van der Waals surface area contributed by atoms with Crippen molar-refractivity contribution in [2.45, 2.75) is 26.0 Å². The van der Waals surface area contributed by atoms with Crippen LogP contribution in [0.3, 0.4) is 0 Å². The molecule has 1 aliphatic rings. The smallest absolute Gasteiger partial charge is 0.128 e. The number of aromatic nitrogens is 3. The molecule has 110 valence electrons. The van der Waals surface area contributed by atoms with Crippen molar-refractivity contribution >= 4 is 0 Å². The molecule has 2 aromatic heterocycles. The van der Waals surface area contributed by atoms with E-state index in [1.54, 1.807) is 6.20 Å². The number of hydrogen-bond acceptors (Lipinski definition) is 5. The van der Waals surface area contributed by atoms with Crippen molar-refractivity contribution in [3.63, 3.8) is 0 Å². The van der Waals surface area contributed by atoms with E-state index in [9.17, 15) is 0 Å². The number of pyridine rings is 1. The van der Waals surface area contributed by atoms with Crippen molar-refractivity contribution in [1.82, 2.24) is 19.9 Å². The third kappa shape index (κ3) is 3.62. The Morgan fingerprint density at radius 2 is 2.29 bits per heavy atom. The van der Waals surface area contributed by atoms with E-state index in [1.165, 1.54) is 0 Å². The van der Waals surface area contributed by atoms with Crippen LogP contribution in [-0.4, -0.2) is 39.5 Å². The van der Waals surface area contributed by atoms with E-state index in [0.717, 1.165) is 49.7 Å². The van der Waals surface area contributed by atoms with Gasteiger partial charge >= 0.3 is 0 Å². The Morgan fingerprint density at radius 3 is 3.10 bits per heavy atom. The van der Waals surface area contributed by atoms with Crippen LogP contribution in [0, 0.1) is 0 Å². The fourth-order valence-electron chi connectivity index (χ4n) is 2.54. The Bertz CT molecular complexity index is 575. The summed E-state index contributed by atoms with van der Waals surface area (Å²) in [6, 6.07) is 6.02. The van der Waals surface area contributed by atoms with E-state index in [-0.39, 0.29) is 6.10 Å². The Hall–Kier alpha value is -1.85. The minimum absolute atomic E-state index is 0.0972. The number of ether oxygens (including phenoxy) is 1. The van der Waals surface area contributed by atoms with Gasteiger partial charge in [0.15, 0.2) is 0 Å². The van der Waals surface area contributed by atoms with Gasteiger partial charge in [-0.25, -0.2) is 9.97 Å². The maximum atomic E-state index is 5.86. The Balaban J connectivity index is 1.66. The number of hydrogen-bond donors (Lipinski definition) is 0. The lowest BCUT2D eigenvalue weighted by molar-refractivity contribution is -0.0334. The molecule has 3 rings (SSSR count). The van der Waals surface area contributed by atoms with Gasteiger partial charge in [-0.1, -0.05) is 13.0 Å². The molecule has 2 aromatic rings. The Kier molecular flexibility index (Phi) is 4.52. The minimum Gasteiger partial charge on any atom is -0.371 e. The number of rotatable bonds is 4. The molecule has 21 heavy (non-hydrogen) atoms. The van der Waals surface area contributed by atoms with Gasteiger partial charge in [0.2, 0.25) is 0 Å². The van der Waals surface area contributed by atoms with Crippen LogP contribution < -0.4 is 0 Å². The van der Waals surface area contributed by atoms with Crippen LogP contribution in [-0.2, 0) is 17.7 Å². The summed E-state index contributed by atoms with van der Waals surface area (Å²) in [4.78, 5) is 15.4. The highest BCUT2D eigenvalue weighted by atomic mass is 16.5. The second-order valence-corrected chi connectivity index (χ2v) is 5.20. The van der Waals surface area contributed by atoms with Crippen LogP contribution in [0.2, 0.25) is 0 Å². The third-order valence-electron chi connectivity index (χ3n) is 3.67. The van der Waals surface area contributed by atoms with Gasteiger partial charge in [0.1, 0.15) is 5.82 Å². The second kappa shape index (κ2) is 6.74. The van der Waals surface area contributed by atoms with Gasteiger partial charge in [-0.2, -0.15) is 0 Å². The minimum atomic E-state index is 0.0972. The number of aryl methyl sites for hydroxylation is 1. The first kappa shape index (κ1) is 14.1. The van der Waals surface area contributed by atoms with Crippen molar-refractivity contribution in [3.8, 4) is 0 Å². The summed E-state index contributed by atoms with van der Waals surface area (Å²) >= 11 is 0. The topological polar surface area (TPSA) is 51.1 Å². The van der Waals surface area contributed by atoms with E-state index in [2.05, 4.69) is 32.8 Å². The van der Waals surface area contributed by atoms with Crippen molar-refractivity contribution in [3.05, 3.63) is 53.9 Å². The summed E-state index contributed by atoms with van der Waals surface area (Å²) in [7, 11) is 0. The summed E-state index contributed by atoms with van der Waals surface area (Å²) in [6.07, 6.45) is 6.49. The molecule has 5 nitrogen and oxygen atoms in total. The maximum absolute atomic E-state index is 5.86. The lowest BCUT2D eigenvalue weighted by atomic mass is 10.1. The van der Waals surface area contributed by atoms with Crippen molar-refractivity contribution in [2.75, 3.05) is 19.7 Å². The Labute approximate surface area is 125 Å². The molecule has 3 heterocycles. The lowest BCUT2D eigenvalue weighted by Crippen LogP contribution is -2.38. The van der Waals surface area contributed by atoms with Gasteiger partial charge in [-0.05, 0) is 12.1 Å². The van der Waals surface area contributed by atoms with Crippen LogP contribution >= 0.6 is 0 Å².